The zero-order chi connectivity index (χ0) is 37.3. The summed E-state index contributed by atoms with van der Waals surface area (Å²) in [6, 6.07) is -1.05. The van der Waals surface area contributed by atoms with Crippen molar-refractivity contribution < 1.29 is 29.0 Å². The van der Waals surface area contributed by atoms with Crippen molar-refractivity contribution in [1.29, 1.82) is 0 Å². The molecule has 0 aromatic rings. The highest BCUT2D eigenvalue weighted by Crippen LogP contribution is 2.46. The van der Waals surface area contributed by atoms with Crippen LogP contribution < -0.4 is 32.3 Å². The van der Waals surface area contributed by atoms with Gasteiger partial charge in [-0.25, -0.2) is 20.4 Å². The number of hydrogen-bond acceptors (Lipinski definition) is 10. The van der Waals surface area contributed by atoms with Crippen LogP contribution in [-0.4, -0.2) is 93.1 Å². The van der Waals surface area contributed by atoms with Crippen molar-refractivity contribution >= 4 is 23.9 Å². The van der Waals surface area contributed by atoms with E-state index in [-0.39, 0.29) is 30.6 Å². The smallest absolute Gasteiger partial charge is 0.408 e. The lowest BCUT2D eigenvalue weighted by atomic mass is 9.67. The van der Waals surface area contributed by atoms with Gasteiger partial charge in [-0.1, -0.05) is 57.1 Å². The van der Waals surface area contributed by atoms with Crippen LogP contribution in [0.3, 0.4) is 0 Å². The van der Waals surface area contributed by atoms with Gasteiger partial charge in [-0.2, -0.15) is 10.7 Å². The average molecular weight is 741 g/mol. The Morgan fingerprint density at radius 1 is 0.925 bits per heavy atom. The zero-order valence-electron chi connectivity index (χ0n) is 32.0. The minimum atomic E-state index is -1.38. The standard InChI is InChI=1S/C39H64N8O6/c1-38(2,3)53-37(52)41-30-19-11-6-4-5-10-16-25-22-39(25,36(50)51)42-34(48)32-20-26(23-46(32)35(30)49)47-44-33(43-45-47)28-21-31(24-14-8-7-9-15-24)40-29-18-13-12-17-27(28)29/h10,16,24-33,40,43-45H,4-9,11-15,17-23H2,1-3H3,(H,41,52)(H,42,48)(H,50,51)/b16-10-/t25-,26-,27?,28?,29?,30+,31?,32+,33?,39-/m1/s1. The summed E-state index contributed by atoms with van der Waals surface area (Å²) in [7, 11) is 0. The number of allylic oxidation sites excluding steroid dienone is 1. The van der Waals surface area contributed by atoms with Gasteiger partial charge in [-0.05, 0) is 103 Å². The SMILES string of the molecule is CC(C)(C)OC(=O)N[C@H]1CCCCC/C=C\[C@@H]2C[C@@]2(C(=O)O)NC(=O)[C@@H]2C[C@@H](N3NNC(C4CC(C5CCCCC5)NC5CCCCC54)N3)CN2C1=O. The maximum absolute atomic E-state index is 14.5. The molecule has 7 aliphatic rings. The highest BCUT2D eigenvalue weighted by atomic mass is 16.6. The van der Waals surface area contributed by atoms with E-state index in [4.69, 9.17) is 4.74 Å². The number of carbonyl (C=O) groups is 4. The Hall–Kier alpha value is -2.78. The fourth-order valence-electron chi connectivity index (χ4n) is 10.4. The topological polar surface area (TPSA) is 176 Å². The highest BCUT2D eigenvalue weighted by molar-refractivity contribution is 5.96. The summed E-state index contributed by atoms with van der Waals surface area (Å²) < 4.78 is 5.55. The van der Waals surface area contributed by atoms with Gasteiger partial charge in [0.05, 0.1) is 12.2 Å². The summed E-state index contributed by atoms with van der Waals surface area (Å²) in [5, 5.41) is 22.0. The molecular weight excluding hydrogens is 676 g/mol. The minimum Gasteiger partial charge on any atom is -0.479 e. The van der Waals surface area contributed by atoms with Crippen molar-refractivity contribution in [2.75, 3.05) is 6.54 Å². The van der Waals surface area contributed by atoms with E-state index in [9.17, 15) is 24.3 Å². The van der Waals surface area contributed by atoms with Crippen LogP contribution in [-0.2, 0) is 19.1 Å². The largest absolute Gasteiger partial charge is 0.479 e. The monoisotopic (exact) mass is 740 g/mol. The average Bonchev–Trinajstić information content (AvgIpc) is 3.42. The number of carbonyl (C=O) groups excluding carboxylic acids is 3. The van der Waals surface area contributed by atoms with E-state index in [0.29, 0.717) is 49.6 Å². The third-order valence-electron chi connectivity index (χ3n) is 13.3. The number of rotatable bonds is 5. The maximum Gasteiger partial charge on any atom is 0.408 e. The predicted octanol–water partition coefficient (Wildman–Crippen LogP) is 3.60. The number of piperidine rings is 1. The first kappa shape index (κ1) is 38.5. The number of hydrogen-bond donors (Lipinski definition) is 7. The van der Waals surface area contributed by atoms with Crippen molar-refractivity contribution in [2.45, 2.75) is 177 Å². The molecule has 7 rings (SSSR count). The van der Waals surface area contributed by atoms with E-state index < -0.39 is 41.2 Å². The number of hydrazine groups is 3. The fraction of sp³-hybridized carbons (Fsp3) is 0.846. The summed E-state index contributed by atoms with van der Waals surface area (Å²) in [6.45, 7) is 5.56. The molecule has 4 heterocycles. The predicted molar refractivity (Wildman–Crippen MR) is 198 cm³/mol. The molecule has 3 saturated heterocycles. The Labute approximate surface area is 314 Å². The summed E-state index contributed by atoms with van der Waals surface area (Å²) in [6.07, 6.45) is 20.1. The van der Waals surface area contributed by atoms with Gasteiger partial charge in [0.25, 0.3) is 0 Å². The fourth-order valence-corrected chi connectivity index (χ4v) is 10.4. The summed E-state index contributed by atoms with van der Waals surface area (Å²) in [4.78, 5) is 55.8. The van der Waals surface area contributed by atoms with Crippen LogP contribution in [0, 0.1) is 23.7 Å². The molecule has 14 nitrogen and oxygen atoms in total. The molecule has 53 heavy (non-hydrogen) atoms. The van der Waals surface area contributed by atoms with Gasteiger partial charge >= 0.3 is 12.1 Å². The van der Waals surface area contributed by atoms with Crippen molar-refractivity contribution in [3.8, 4) is 0 Å². The molecule has 0 bridgehead atoms. The highest BCUT2D eigenvalue weighted by Gasteiger charge is 2.61. The van der Waals surface area contributed by atoms with E-state index in [1.54, 1.807) is 25.7 Å². The minimum absolute atomic E-state index is 0.00719. The molecule has 3 saturated carbocycles. The Balaban J connectivity index is 1.10. The number of nitrogens with zero attached hydrogens (tertiary/aromatic N) is 2. The van der Waals surface area contributed by atoms with Gasteiger partial charge in [-0.15, -0.1) is 0 Å². The molecular formula is C39H64N8O6. The van der Waals surface area contributed by atoms with Crippen molar-refractivity contribution in [3.05, 3.63) is 12.2 Å². The maximum atomic E-state index is 14.5. The number of nitrogens with one attached hydrogen (secondary N) is 6. The Kier molecular flexibility index (Phi) is 11.7. The normalized spacial score (nSPS) is 39.8. The van der Waals surface area contributed by atoms with Crippen LogP contribution in [0.4, 0.5) is 4.79 Å². The van der Waals surface area contributed by atoms with Gasteiger partial charge in [-0.3, -0.25) is 9.59 Å². The lowest BCUT2D eigenvalue weighted by Crippen LogP contribution is -2.60. The zero-order valence-corrected chi connectivity index (χ0v) is 32.0. The van der Waals surface area contributed by atoms with Crippen LogP contribution in [0.25, 0.3) is 0 Å². The van der Waals surface area contributed by atoms with E-state index in [2.05, 4.69) is 32.3 Å². The summed E-state index contributed by atoms with van der Waals surface area (Å²) >= 11 is 0. The van der Waals surface area contributed by atoms with Gasteiger partial charge in [0.15, 0.2) is 0 Å². The first-order valence-corrected chi connectivity index (χ1v) is 20.8. The molecule has 0 spiro atoms. The summed E-state index contributed by atoms with van der Waals surface area (Å²) in [5.74, 6) is -0.491. The third kappa shape index (κ3) is 8.71. The second-order valence-corrected chi connectivity index (χ2v) is 18.1. The van der Waals surface area contributed by atoms with Crippen LogP contribution in [0.5, 0.6) is 0 Å². The molecule has 3 amide bonds. The van der Waals surface area contributed by atoms with Crippen molar-refractivity contribution in [2.24, 2.45) is 23.7 Å². The number of fused-ring (bicyclic) bond motifs is 3. The number of ether oxygens (including phenoxy) is 1. The van der Waals surface area contributed by atoms with Crippen LogP contribution in [0.15, 0.2) is 12.2 Å². The molecule has 4 aliphatic heterocycles. The van der Waals surface area contributed by atoms with E-state index in [0.717, 1.165) is 31.6 Å². The van der Waals surface area contributed by atoms with E-state index in [1.165, 1.54) is 57.8 Å². The number of aliphatic carboxylic acids is 1. The summed E-state index contributed by atoms with van der Waals surface area (Å²) in [5.41, 5.74) is 8.54. The van der Waals surface area contributed by atoms with Crippen molar-refractivity contribution in [1.82, 2.24) is 42.4 Å². The molecule has 5 unspecified atom stereocenters. The van der Waals surface area contributed by atoms with Crippen molar-refractivity contribution in [3.63, 3.8) is 0 Å². The molecule has 0 aromatic heterocycles. The molecule has 6 fully saturated rings. The third-order valence-corrected chi connectivity index (χ3v) is 13.3. The second kappa shape index (κ2) is 16.1. The molecule has 0 aromatic carbocycles. The number of amides is 3. The number of carboxylic acids is 1. The van der Waals surface area contributed by atoms with Crippen LogP contribution >= 0.6 is 0 Å². The quantitative estimate of drug-likeness (QED) is 0.205. The lowest BCUT2D eigenvalue weighted by molar-refractivity contribution is -0.145. The van der Waals surface area contributed by atoms with Gasteiger partial charge in [0.1, 0.15) is 23.2 Å². The second-order valence-electron chi connectivity index (χ2n) is 18.1. The van der Waals surface area contributed by atoms with E-state index >= 15 is 0 Å². The lowest BCUT2D eigenvalue weighted by Gasteiger charge is -2.49. The van der Waals surface area contributed by atoms with Gasteiger partial charge < -0.3 is 30.7 Å². The Morgan fingerprint density at radius 3 is 2.43 bits per heavy atom. The first-order valence-electron chi connectivity index (χ1n) is 20.8. The van der Waals surface area contributed by atoms with Gasteiger partial charge in [0, 0.05) is 24.5 Å². The van der Waals surface area contributed by atoms with Crippen LogP contribution in [0.1, 0.15) is 130 Å². The van der Waals surface area contributed by atoms with Gasteiger partial charge in [0.2, 0.25) is 11.8 Å². The van der Waals surface area contributed by atoms with Crippen LogP contribution in [0.2, 0.25) is 0 Å². The molecule has 10 atom stereocenters. The molecule has 0 radical (unpaired) electrons. The number of carboxylic acid groups (broad SMARTS) is 1. The Morgan fingerprint density at radius 2 is 1.66 bits per heavy atom. The number of alkyl carbamates (subject to hydrolysis) is 1. The van der Waals surface area contributed by atoms with E-state index in [1.807, 2.05) is 17.3 Å². The molecule has 7 N–H and O–H groups in total. The molecule has 3 aliphatic carbocycles. The Bertz CT molecular complexity index is 1380. The first-order chi connectivity index (χ1) is 25.4. The molecule has 14 heteroatoms. The molecule has 296 valence electrons.